The van der Waals surface area contributed by atoms with Crippen LogP contribution in [0.25, 0.3) is 0 Å². The van der Waals surface area contributed by atoms with Gasteiger partial charge in [-0.25, -0.2) is 8.78 Å². The summed E-state index contributed by atoms with van der Waals surface area (Å²) in [6, 6.07) is 0. The summed E-state index contributed by atoms with van der Waals surface area (Å²) in [5, 5.41) is 0. The first kappa shape index (κ1) is 17.9. The summed E-state index contributed by atoms with van der Waals surface area (Å²) in [4.78, 5) is 0. The van der Waals surface area contributed by atoms with Crippen LogP contribution in [0, 0.1) is 11.8 Å². The minimum Gasteiger partial charge on any atom is -0.244 e. The molecule has 0 N–H and O–H groups in total. The van der Waals surface area contributed by atoms with Crippen molar-refractivity contribution in [2.45, 2.75) is 91.4 Å². The highest BCUT2D eigenvalue weighted by Gasteiger charge is 2.27. The summed E-state index contributed by atoms with van der Waals surface area (Å²) in [5.74, 6) is 0.654. The monoisotopic (exact) mass is 262 g/mol. The molecule has 0 aliphatic heterocycles. The molecular weight excluding hydrogens is 230 g/mol. The van der Waals surface area contributed by atoms with Crippen molar-refractivity contribution in [3.8, 4) is 0 Å². The molecule has 0 spiro atoms. The smallest absolute Gasteiger partial charge is 0.134 e. The molecule has 110 valence electrons. The first-order chi connectivity index (χ1) is 8.56. The normalized spacial score (nSPS) is 18.3. The summed E-state index contributed by atoms with van der Waals surface area (Å²) in [5.41, 5.74) is 0. The molecule has 0 aliphatic carbocycles. The Morgan fingerprint density at radius 3 is 1.94 bits per heavy atom. The number of hydrogen-bond donors (Lipinski definition) is 0. The maximum atomic E-state index is 13.9. The average Bonchev–Trinajstić information content (AvgIpc) is 2.36. The van der Waals surface area contributed by atoms with Crippen LogP contribution in [0.1, 0.15) is 79.1 Å². The van der Waals surface area contributed by atoms with E-state index in [9.17, 15) is 8.78 Å². The molecule has 4 atom stereocenters. The van der Waals surface area contributed by atoms with Crippen LogP contribution >= 0.6 is 0 Å². The topological polar surface area (TPSA) is 0 Å². The standard InChI is InChI=1S/C16H32F2/c1-5-9-13(4)11-8-12-14(10-6-2)16(18)15(17)7-3/h13-16H,5-12H2,1-4H3. The first-order valence-corrected chi connectivity index (χ1v) is 7.84. The summed E-state index contributed by atoms with van der Waals surface area (Å²) in [6.07, 6.45) is 5.07. The van der Waals surface area contributed by atoms with Gasteiger partial charge in [0.05, 0.1) is 0 Å². The fourth-order valence-electron chi connectivity index (χ4n) is 2.72. The first-order valence-electron chi connectivity index (χ1n) is 7.84. The molecule has 0 heterocycles. The van der Waals surface area contributed by atoms with Crippen LogP contribution in [0.15, 0.2) is 0 Å². The lowest BCUT2D eigenvalue weighted by Crippen LogP contribution is -2.26. The van der Waals surface area contributed by atoms with E-state index in [2.05, 4.69) is 20.8 Å². The van der Waals surface area contributed by atoms with E-state index < -0.39 is 12.3 Å². The van der Waals surface area contributed by atoms with Crippen molar-refractivity contribution in [1.82, 2.24) is 0 Å². The van der Waals surface area contributed by atoms with Gasteiger partial charge in [0, 0.05) is 0 Å². The van der Waals surface area contributed by atoms with E-state index in [-0.39, 0.29) is 5.92 Å². The summed E-state index contributed by atoms with van der Waals surface area (Å²) < 4.78 is 27.4. The quantitative estimate of drug-likeness (QED) is 0.422. The van der Waals surface area contributed by atoms with E-state index in [0.29, 0.717) is 6.42 Å². The Bertz CT molecular complexity index is 182. The molecule has 0 radical (unpaired) electrons. The Morgan fingerprint density at radius 1 is 0.833 bits per heavy atom. The minimum atomic E-state index is -1.27. The molecule has 0 aliphatic rings. The van der Waals surface area contributed by atoms with Gasteiger partial charge in [-0.3, -0.25) is 0 Å². The third kappa shape index (κ3) is 7.33. The number of hydrogen-bond acceptors (Lipinski definition) is 0. The number of rotatable bonds is 11. The van der Waals surface area contributed by atoms with Crippen LogP contribution in [0.4, 0.5) is 8.78 Å². The molecule has 0 nitrogen and oxygen atoms in total. The maximum absolute atomic E-state index is 13.9. The van der Waals surface area contributed by atoms with Gasteiger partial charge in [-0.2, -0.15) is 0 Å². The van der Waals surface area contributed by atoms with E-state index in [1.807, 2.05) is 0 Å². The molecule has 0 aromatic rings. The van der Waals surface area contributed by atoms with Gasteiger partial charge < -0.3 is 0 Å². The third-order valence-electron chi connectivity index (χ3n) is 3.90. The van der Waals surface area contributed by atoms with E-state index >= 15 is 0 Å². The van der Waals surface area contributed by atoms with Gasteiger partial charge >= 0.3 is 0 Å². The fraction of sp³-hybridized carbons (Fsp3) is 1.00. The lowest BCUT2D eigenvalue weighted by molar-refractivity contribution is 0.0945. The van der Waals surface area contributed by atoms with Gasteiger partial charge in [-0.05, 0) is 31.1 Å². The molecule has 0 aromatic carbocycles. The minimum absolute atomic E-state index is 0.0706. The predicted octanol–water partition coefficient (Wildman–Crippen LogP) is 6.10. The second-order valence-electron chi connectivity index (χ2n) is 5.74. The summed E-state index contributed by atoms with van der Waals surface area (Å²) >= 11 is 0. The van der Waals surface area contributed by atoms with Crippen molar-refractivity contribution in [3.63, 3.8) is 0 Å². The summed E-state index contributed by atoms with van der Waals surface area (Å²) in [7, 11) is 0. The maximum Gasteiger partial charge on any atom is 0.134 e. The Hall–Kier alpha value is -0.140. The average molecular weight is 262 g/mol. The van der Waals surface area contributed by atoms with Gasteiger partial charge in [0.2, 0.25) is 0 Å². The lowest BCUT2D eigenvalue weighted by Gasteiger charge is -2.23. The predicted molar refractivity (Wildman–Crippen MR) is 76.4 cm³/mol. The van der Waals surface area contributed by atoms with Crippen LogP contribution < -0.4 is 0 Å². The number of alkyl halides is 2. The van der Waals surface area contributed by atoms with Gasteiger partial charge in [-0.15, -0.1) is 0 Å². The van der Waals surface area contributed by atoms with Crippen LogP contribution in [0.5, 0.6) is 0 Å². The van der Waals surface area contributed by atoms with Crippen LogP contribution in [-0.2, 0) is 0 Å². The molecular formula is C16H32F2. The third-order valence-corrected chi connectivity index (χ3v) is 3.90. The SMILES string of the molecule is CCCC(C)CCCC(CCC)C(F)C(F)CC. The Labute approximate surface area is 113 Å². The molecule has 4 unspecified atom stereocenters. The summed E-state index contributed by atoms with van der Waals surface area (Å²) in [6.45, 7) is 8.24. The molecule has 0 saturated carbocycles. The zero-order chi connectivity index (χ0) is 14.0. The largest absolute Gasteiger partial charge is 0.244 e. The van der Waals surface area contributed by atoms with Crippen molar-refractivity contribution in [1.29, 1.82) is 0 Å². The molecule has 0 fully saturated rings. The second-order valence-corrected chi connectivity index (χ2v) is 5.74. The molecule has 0 bridgehead atoms. The molecule has 18 heavy (non-hydrogen) atoms. The van der Waals surface area contributed by atoms with E-state index in [1.54, 1.807) is 6.92 Å². The van der Waals surface area contributed by atoms with Crippen molar-refractivity contribution < 1.29 is 8.78 Å². The van der Waals surface area contributed by atoms with Crippen molar-refractivity contribution in [3.05, 3.63) is 0 Å². The highest BCUT2D eigenvalue weighted by atomic mass is 19.2. The van der Waals surface area contributed by atoms with Crippen molar-refractivity contribution >= 4 is 0 Å². The van der Waals surface area contributed by atoms with Crippen molar-refractivity contribution in [2.75, 3.05) is 0 Å². The zero-order valence-corrected chi connectivity index (χ0v) is 12.7. The van der Waals surface area contributed by atoms with Crippen LogP contribution in [0.2, 0.25) is 0 Å². The fourth-order valence-corrected chi connectivity index (χ4v) is 2.72. The van der Waals surface area contributed by atoms with Crippen molar-refractivity contribution in [2.24, 2.45) is 11.8 Å². The highest BCUT2D eigenvalue weighted by Crippen LogP contribution is 2.27. The highest BCUT2D eigenvalue weighted by molar-refractivity contribution is 4.76. The van der Waals surface area contributed by atoms with Crippen LogP contribution in [0.3, 0.4) is 0 Å². The van der Waals surface area contributed by atoms with Gasteiger partial charge in [0.1, 0.15) is 12.3 Å². The number of halogens is 2. The molecule has 0 amide bonds. The second kappa shape index (κ2) is 10.8. The molecule has 2 heteroatoms. The Kier molecular flexibility index (Phi) is 10.7. The van der Waals surface area contributed by atoms with Gasteiger partial charge in [0.15, 0.2) is 0 Å². The van der Waals surface area contributed by atoms with Gasteiger partial charge in [-0.1, -0.05) is 59.8 Å². The van der Waals surface area contributed by atoms with E-state index in [4.69, 9.17) is 0 Å². The lowest BCUT2D eigenvalue weighted by atomic mass is 9.87. The Balaban J connectivity index is 4.03. The van der Waals surface area contributed by atoms with E-state index in [1.165, 1.54) is 12.8 Å². The molecule has 0 saturated heterocycles. The van der Waals surface area contributed by atoms with Crippen LogP contribution in [-0.4, -0.2) is 12.3 Å². The van der Waals surface area contributed by atoms with Gasteiger partial charge in [0.25, 0.3) is 0 Å². The zero-order valence-electron chi connectivity index (χ0n) is 12.7. The molecule has 0 aromatic heterocycles. The Morgan fingerprint density at radius 2 is 1.44 bits per heavy atom. The van der Waals surface area contributed by atoms with E-state index in [0.717, 1.165) is 38.0 Å². The molecule has 0 rings (SSSR count).